The van der Waals surface area contributed by atoms with E-state index < -0.39 is 0 Å². The summed E-state index contributed by atoms with van der Waals surface area (Å²) >= 11 is 0. The lowest BCUT2D eigenvalue weighted by Crippen LogP contribution is -2.30. The van der Waals surface area contributed by atoms with E-state index in [1.165, 1.54) is 19.3 Å². The quantitative estimate of drug-likeness (QED) is 0.717. The minimum atomic E-state index is -0.0299. The van der Waals surface area contributed by atoms with Gasteiger partial charge in [0.1, 0.15) is 0 Å². The fourth-order valence-corrected chi connectivity index (χ4v) is 2.18. The SMILES string of the molecule is CC.CCC(C)C1CCC(C)C(O)C1. The maximum atomic E-state index is 9.69. The van der Waals surface area contributed by atoms with Gasteiger partial charge in [-0.15, -0.1) is 0 Å². The molecule has 0 aromatic carbocycles. The van der Waals surface area contributed by atoms with Crippen molar-refractivity contribution in [2.75, 3.05) is 0 Å². The molecule has 0 saturated heterocycles. The van der Waals surface area contributed by atoms with Crippen LogP contribution in [0, 0.1) is 17.8 Å². The molecular formula is C13H28O. The largest absolute Gasteiger partial charge is 0.393 e. The van der Waals surface area contributed by atoms with Crippen LogP contribution in [0.2, 0.25) is 0 Å². The maximum absolute atomic E-state index is 9.69. The molecule has 1 rings (SSSR count). The van der Waals surface area contributed by atoms with Crippen molar-refractivity contribution < 1.29 is 5.11 Å². The van der Waals surface area contributed by atoms with E-state index in [1.807, 2.05) is 13.8 Å². The number of hydrogen-bond donors (Lipinski definition) is 1. The Morgan fingerprint density at radius 1 is 1.29 bits per heavy atom. The molecule has 86 valence electrons. The summed E-state index contributed by atoms with van der Waals surface area (Å²) in [6, 6.07) is 0. The van der Waals surface area contributed by atoms with Crippen LogP contribution in [0.5, 0.6) is 0 Å². The number of aliphatic hydroxyl groups is 1. The third-order valence-electron chi connectivity index (χ3n) is 3.64. The first-order valence-electron chi connectivity index (χ1n) is 6.33. The Hall–Kier alpha value is -0.0400. The lowest BCUT2D eigenvalue weighted by molar-refractivity contribution is 0.0381. The molecule has 0 amide bonds. The molecule has 1 nitrogen and oxygen atoms in total. The van der Waals surface area contributed by atoms with Gasteiger partial charge in [0.05, 0.1) is 6.10 Å². The zero-order valence-corrected chi connectivity index (χ0v) is 10.6. The molecule has 4 unspecified atom stereocenters. The zero-order valence-electron chi connectivity index (χ0n) is 10.6. The Balaban J connectivity index is 0.000000791. The second kappa shape index (κ2) is 7.28. The van der Waals surface area contributed by atoms with Crippen LogP contribution in [-0.4, -0.2) is 11.2 Å². The van der Waals surface area contributed by atoms with Crippen LogP contribution in [0.15, 0.2) is 0 Å². The number of rotatable bonds is 2. The monoisotopic (exact) mass is 200 g/mol. The molecule has 0 aliphatic heterocycles. The van der Waals surface area contributed by atoms with Gasteiger partial charge in [-0.25, -0.2) is 0 Å². The van der Waals surface area contributed by atoms with E-state index in [0.29, 0.717) is 5.92 Å². The van der Waals surface area contributed by atoms with Gasteiger partial charge in [0.2, 0.25) is 0 Å². The fourth-order valence-electron chi connectivity index (χ4n) is 2.18. The van der Waals surface area contributed by atoms with Gasteiger partial charge in [-0.1, -0.05) is 41.0 Å². The van der Waals surface area contributed by atoms with Gasteiger partial charge in [0.15, 0.2) is 0 Å². The third-order valence-corrected chi connectivity index (χ3v) is 3.64. The average Bonchev–Trinajstić information content (AvgIpc) is 2.24. The highest BCUT2D eigenvalue weighted by Gasteiger charge is 2.28. The Kier molecular flexibility index (Phi) is 7.26. The lowest BCUT2D eigenvalue weighted by Gasteiger charge is -2.34. The molecule has 0 aromatic rings. The lowest BCUT2D eigenvalue weighted by atomic mass is 9.75. The van der Waals surface area contributed by atoms with Crippen LogP contribution in [0.1, 0.15) is 60.3 Å². The second-order valence-electron chi connectivity index (χ2n) is 4.50. The van der Waals surface area contributed by atoms with Gasteiger partial charge in [0.25, 0.3) is 0 Å². The van der Waals surface area contributed by atoms with Crippen LogP contribution >= 0.6 is 0 Å². The van der Waals surface area contributed by atoms with Gasteiger partial charge in [0, 0.05) is 0 Å². The second-order valence-corrected chi connectivity index (χ2v) is 4.50. The normalized spacial score (nSPS) is 34.3. The first-order valence-corrected chi connectivity index (χ1v) is 6.33. The zero-order chi connectivity index (χ0) is 11.1. The highest BCUT2D eigenvalue weighted by Crippen LogP contribution is 2.34. The molecule has 0 heterocycles. The summed E-state index contributed by atoms with van der Waals surface area (Å²) < 4.78 is 0. The third kappa shape index (κ3) is 4.00. The molecule has 14 heavy (non-hydrogen) atoms. The van der Waals surface area contributed by atoms with Gasteiger partial charge >= 0.3 is 0 Å². The van der Waals surface area contributed by atoms with Crippen molar-refractivity contribution in [3.63, 3.8) is 0 Å². The highest BCUT2D eigenvalue weighted by molar-refractivity contribution is 4.79. The van der Waals surface area contributed by atoms with Crippen molar-refractivity contribution in [2.24, 2.45) is 17.8 Å². The number of aliphatic hydroxyl groups excluding tert-OH is 1. The molecule has 0 bridgehead atoms. The predicted molar refractivity (Wildman–Crippen MR) is 63.3 cm³/mol. The van der Waals surface area contributed by atoms with Crippen LogP contribution in [0.3, 0.4) is 0 Å². The molecular weight excluding hydrogens is 172 g/mol. The Morgan fingerprint density at radius 2 is 1.86 bits per heavy atom. The molecule has 1 fully saturated rings. The van der Waals surface area contributed by atoms with Crippen LogP contribution in [0.4, 0.5) is 0 Å². The summed E-state index contributed by atoms with van der Waals surface area (Å²) in [6.07, 6.45) is 4.81. The topological polar surface area (TPSA) is 20.2 Å². The standard InChI is InChI=1S/C11H22O.C2H6/c1-4-8(2)10-6-5-9(3)11(12)7-10;1-2/h8-12H,4-7H2,1-3H3;1-2H3. The van der Waals surface area contributed by atoms with Gasteiger partial charge in [-0.2, -0.15) is 0 Å². The van der Waals surface area contributed by atoms with Crippen LogP contribution in [-0.2, 0) is 0 Å². The first-order chi connectivity index (χ1) is 6.65. The van der Waals surface area contributed by atoms with E-state index in [1.54, 1.807) is 0 Å². The Labute approximate surface area is 89.9 Å². The summed E-state index contributed by atoms with van der Waals surface area (Å²) in [7, 11) is 0. The molecule has 1 aliphatic rings. The van der Waals surface area contributed by atoms with Gasteiger partial charge in [-0.3, -0.25) is 0 Å². The smallest absolute Gasteiger partial charge is 0.0568 e. The predicted octanol–water partition coefficient (Wildman–Crippen LogP) is 3.86. The van der Waals surface area contributed by atoms with E-state index in [4.69, 9.17) is 0 Å². The van der Waals surface area contributed by atoms with E-state index >= 15 is 0 Å². The van der Waals surface area contributed by atoms with Gasteiger partial charge < -0.3 is 5.11 Å². The van der Waals surface area contributed by atoms with Crippen molar-refractivity contribution >= 4 is 0 Å². The van der Waals surface area contributed by atoms with E-state index in [-0.39, 0.29) is 6.10 Å². The fraction of sp³-hybridized carbons (Fsp3) is 1.00. The molecule has 0 aromatic heterocycles. The summed E-state index contributed by atoms with van der Waals surface area (Å²) in [5, 5.41) is 9.69. The molecule has 1 aliphatic carbocycles. The van der Waals surface area contributed by atoms with Crippen molar-refractivity contribution in [3.05, 3.63) is 0 Å². The summed E-state index contributed by atoms with van der Waals surface area (Å²) in [5.74, 6) is 2.11. The van der Waals surface area contributed by atoms with Crippen LogP contribution < -0.4 is 0 Å². The van der Waals surface area contributed by atoms with Crippen molar-refractivity contribution in [1.29, 1.82) is 0 Å². The molecule has 1 N–H and O–H groups in total. The minimum Gasteiger partial charge on any atom is -0.393 e. The van der Waals surface area contributed by atoms with Crippen molar-refractivity contribution in [1.82, 2.24) is 0 Å². The van der Waals surface area contributed by atoms with E-state index in [0.717, 1.165) is 18.3 Å². The van der Waals surface area contributed by atoms with Crippen molar-refractivity contribution in [3.8, 4) is 0 Å². The molecule has 0 spiro atoms. The summed E-state index contributed by atoms with van der Waals surface area (Å²) in [6.45, 7) is 10.7. The summed E-state index contributed by atoms with van der Waals surface area (Å²) in [5.41, 5.74) is 0. The number of hydrogen-bond acceptors (Lipinski definition) is 1. The minimum absolute atomic E-state index is 0.0299. The van der Waals surface area contributed by atoms with Crippen LogP contribution in [0.25, 0.3) is 0 Å². The summed E-state index contributed by atoms with van der Waals surface area (Å²) in [4.78, 5) is 0. The molecule has 1 heteroatoms. The first kappa shape index (κ1) is 14.0. The highest BCUT2D eigenvalue weighted by atomic mass is 16.3. The molecule has 1 saturated carbocycles. The van der Waals surface area contributed by atoms with Gasteiger partial charge in [-0.05, 0) is 37.0 Å². The average molecular weight is 200 g/mol. The maximum Gasteiger partial charge on any atom is 0.0568 e. The van der Waals surface area contributed by atoms with E-state index in [2.05, 4.69) is 20.8 Å². The molecule has 4 atom stereocenters. The Morgan fingerprint density at radius 3 is 2.29 bits per heavy atom. The van der Waals surface area contributed by atoms with E-state index in [9.17, 15) is 5.11 Å². The Bertz CT molecular complexity index is 133. The van der Waals surface area contributed by atoms with Crippen molar-refractivity contribution in [2.45, 2.75) is 66.4 Å². The molecule has 0 radical (unpaired) electrons.